The van der Waals surface area contributed by atoms with Crippen molar-refractivity contribution in [2.75, 3.05) is 26.0 Å². The first-order valence-corrected chi connectivity index (χ1v) is 6.17. The van der Waals surface area contributed by atoms with Crippen LogP contribution in [0.3, 0.4) is 0 Å². The van der Waals surface area contributed by atoms with Gasteiger partial charge in [-0.05, 0) is 25.0 Å². The molecule has 1 aromatic carbocycles. The molecule has 19 heavy (non-hydrogen) atoms. The molecular formula is C13H18N2O4. The molecule has 0 unspecified atom stereocenters. The number of benzene rings is 1. The summed E-state index contributed by atoms with van der Waals surface area (Å²) >= 11 is 0. The van der Waals surface area contributed by atoms with E-state index in [9.17, 15) is 4.79 Å². The summed E-state index contributed by atoms with van der Waals surface area (Å²) in [5.41, 5.74) is 6.26. The van der Waals surface area contributed by atoms with Crippen LogP contribution in [0.4, 0.5) is 10.5 Å². The predicted molar refractivity (Wildman–Crippen MR) is 70.7 cm³/mol. The van der Waals surface area contributed by atoms with Gasteiger partial charge >= 0.3 is 6.09 Å². The van der Waals surface area contributed by atoms with E-state index in [0.717, 1.165) is 12.8 Å². The molecule has 0 radical (unpaired) electrons. The average molecular weight is 266 g/mol. The van der Waals surface area contributed by atoms with Crippen LogP contribution in [0.1, 0.15) is 12.8 Å². The number of nitrogens with two attached hydrogens (primary N) is 1. The Morgan fingerprint density at radius 3 is 3.05 bits per heavy atom. The Bertz CT molecular complexity index is 464. The maximum Gasteiger partial charge on any atom is 0.407 e. The number of rotatable bonds is 4. The minimum absolute atomic E-state index is 0.0824. The highest BCUT2D eigenvalue weighted by Gasteiger charge is 2.28. The van der Waals surface area contributed by atoms with Gasteiger partial charge in [-0.15, -0.1) is 0 Å². The van der Waals surface area contributed by atoms with Crippen molar-refractivity contribution in [2.45, 2.75) is 18.9 Å². The van der Waals surface area contributed by atoms with Crippen LogP contribution in [0, 0.1) is 0 Å². The van der Waals surface area contributed by atoms with Crippen molar-refractivity contribution in [2.24, 2.45) is 0 Å². The van der Waals surface area contributed by atoms with Gasteiger partial charge in [0.15, 0.2) is 0 Å². The second-order valence-electron chi connectivity index (χ2n) is 4.49. The first-order chi connectivity index (χ1) is 9.11. The number of ether oxygens (including phenoxy) is 2. The Hall–Kier alpha value is -2.11. The minimum Gasteiger partial charge on any atom is -0.494 e. The third-order valence-corrected chi connectivity index (χ3v) is 3.27. The van der Waals surface area contributed by atoms with Crippen molar-refractivity contribution in [3.8, 4) is 11.5 Å². The van der Waals surface area contributed by atoms with Gasteiger partial charge in [-0.1, -0.05) is 0 Å². The molecule has 0 aliphatic carbocycles. The molecule has 6 heteroatoms. The summed E-state index contributed by atoms with van der Waals surface area (Å²) in [6, 6.07) is 5.08. The lowest BCUT2D eigenvalue weighted by Gasteiger charge is -2.21. The van der Waals surface area contributed by atoms with Gasteiger partial charge in [0.1, 0.15) is 18.1 Å². The number of carbonyl (C=O) groups is 1. The van der Waals surface area contributed by atoms with Gasteiger partial charge in [0.25, 0.3) is 0 Å². The summed E-state index contributed by atoms with van der Waals surface area (Å²) in [6.45, 7) is 0.924. The Balaban J connectivity index is 1.97. The number of hydrogen-bond donors (Lipinski definition) is 2. The first-order valence-electron chi connectivity index (χ1n) is 6.17. The van der Waals surface area contributed by atoms with Gasteiger partial charge < -0.3 is 25.2 Å². The largest absolute Gasteiger partial charge is 0.494 e. The number of nitrogen functional groups attached to an aromatic ring is 1. The molecule has 1 fully saturated rings. The summed E-state index contributed by atoms with van der Waals surface area (Å²) in [5, 5.41) is 9.03. The smallest absolute Gasteiger partial charge is 0.407 e. The summed E-state index contributed by atoms with van der Waals surface area (Å²) in [6.07, 6.45) is 0.824. The van der Waals surface area contributed by atoms with Gasteiger partial charge in [-0.2, -0.15) is 0 Å². The van der Waals surface area contributed by atoms with Crippen LogP contribution in [0.15, 0.2) is 18.2 Å². The molecule has 1 heterocycles. The highest BCUT2D eigenvalue weighted by Crippen LogP contribution is 2.27. The Morgan fingerprint density at radius 2 is 2.37 bits per heavy atom. The quantitative estimate of drug-likeness (QED) is 0.812. The minimum atomic E-state index is -0.888. The van der Waals surface area contributed by atoms with E-state index >= 15 is 0 Å². The van der Waals surface area contributed by atoms with Crippen molar-refractivity contribution >= 4 is 11.8 Å². The number of amides is 1. The average Bonchev–Trinajstić information content (AvgIpc) is 2.86. The SMILES string of the molecule is COc1cc(OC[C@@H]2CCCN2C(=O)O)ccc1N. The van der Waals surface area contributed by atoms with Gasteiger partial charge in [0, 0.05) is 12.6 Å². The second-order valence-corrected chi connectivity index (χ2v) is 4.49. The fraction of sp³-hybridized carbons (Fsp3) is 0.462. The monoisotopic (exact) mass is 266 g/mol. The molecule has 1 aromatic rings. The second kappa shape index (κ2) is 5.69. The maximum atomic E-state index is 11.0. The van der Waals surface area contributed by atoms with Crippen molar-refractivity contribution in [1.82, 2.24) is 4.90 Å². The lowest BCUT2D eigenvalue weighted by molar-refractivity contribution is 0.123. The molecule has 0 spiro atoms. The van der Waals surface area contributed by atoms with E-state index in [1.807, 2.05) is 0 Å². The summed E-state index contributed by atoms with van der Waals surface area (Å²) in [4.78, 5) is 12.4. The van der Waals surface area contributed by atoms with Crippen molar-refractivity contribution in [3.63, 3.8) is 0 Å². The van der Waals surface area contributed by atoms with Gasteiger partial charge in [-0.3, -0.25) is 0 Å². The summed E-state index contributed by atoms with van der Waals surface area (Å²) in [7, 11) is 1.54. The number of anilines is 1. The fourth-order valence-electron chi connectivity index (χ4n) is 2.23. The van der Waals surface area contributed by atoms with Crippen molar-refractivity contribution in [1.29, 1.82) is 0 Å². The first kappa shape index (κ1) is 13.3. The van der Waals surface area contributed by atoms with Crippen LogP contribution in [0.2, 0.25) is 0 Å². The molecule has 1 atom stereocenters. The third kappa shape index (κ3) is 3.01. The maximum absolute atomic E-state index is 11.0. The molecule has 6 nitrogen and oxygen atoms in total. The zero-order valence-electron chi connectivity index (χ0n) is 10.8. The van der Waals surface area contributed by atoms with E-state index in [2.05, 4.69) is 0 Å². The third-order valence-electron chi connectivity index (χ3n) is 3.27. The normalized spacial score (nSPS) is 18.4. The fourth-order valence-corrected chi connectivity index (χ4v) is 2.23. The van der Waals surface area contributed by atoms with E-state index in [4.69, 9.17) is 20.3 Å². The van der Waals surface area contributed by atoms with Crippen molar-refractivity contribution in [3.05, 3.63) is 18.2 Å². The van der Waals surface area contributed by atoms with E-state index in [0.29, 0.717) is 30.3 Å². The number of nitrogens with zero attached hydrogens (tertiary/aromatic N) is 1. The zero-order chi connectivity index (χ0) is 13.8. The molecule has 2 rings (SSSR count). The molecule has 1 aliphatic rings. The Kier molecular flexibility index (Phi) is 3.99. The van der Waals surface area contributed by atoms with Gasteiger partial charge in [0.2, 0.25) is 0 Å². The van der Waals surface area contributed by atoms with Crippen LogP contribution >= 0.6 is 0 Å². The molecule has 1 amide bonds. The van der Waals surface area contributed by atoms with E-state index in [1.54, 1.807) is 25.3 Å². The molecule has 0 saturated carbocycles. The van der Waals surface area contributed by atoms with Crippen LogP contribution in [-0.4, -0.2) is 42.4 Å². The summed E-state index contributed by atoms with van der Waals surface area (Å²) in [5.74, 6) is 1.18. The number of methoxy groups -OCH3 is 1. The zero-order valence-corrected chi connectivity index (χ0v) is 10.8. The molecule has 1 aliphatic heterocycles. The highest BCUT2D eigenvalue weighted by atomic mass is 16.5. The standard InChI is InChI=1S/C13H18N2O4/c1-18-12-7-10(4-5-11(12)14)19-8-9-3-2-6-15(9)13(16)17/h4-5,7,9H,2-3,6,8,14H2,1H3,(H,16,17)/t9-/m0/s1. The number of hydrogen-bond acceptors (Lipinski definition) is 4. The van der Waals surface area contributed by atoms with Gasteiger partial charge in [-0.25, -0.2) is 4.79 Å². The number of likely N-dealkylation sites (tertiary alicyclic amines) is 1. The van der Waals surface area contributed by atoms with E-state index < -0.39 is 6.09 Å². The van der Waals surface area contributed by atoms with Crippen LogP contribution in [-0.2, 0) is 0 Å². The van der Waals surface area contributed by atoms with Crippen LogP contribution < -0.4 is 15.2 Å². The molecular weight excluding hydrogens is 248 g/mol. The molecule has 1 saturated heterocycles. The Labute approximate surface area is 111 Å². The number of carboxylic acid groups (broad SMARTS) is 1. The molecule has 0 aromatic heterocycles. The lowest BCUT2D eigenvalue weighted by atomic mass is 10.2. The molecule has 0 bridgehead atoms. The van der Waals surface area contributed by atoms with Crippen LogP contribution in [0.25, 0.3) is 0 Å². The predicted octanol–water partition coefficient (Wildman–Crippen LogP) is 1.80. The molecule has 104 valence electrons. The van der Waals surface area contributed by atoms with E-state index in [-0.39, 0.29) is 6.04 Å². The highest BCUT2D eigenvalue weighted by molar-refractivity contribution is 5.65. The Morgan fingerprint density at radius 1 is 1.58 bits per heavy atom. The summed E-state index contributed by atoms with van der Waals surface area (Å²) < 4.78 is 10.7. The lowest BCUT2D eigenvalue weighted by Crippen LogP contribution is -2.37. The van der Waals surface area contributed by atoms with Gasteiger partial charge in [0.05, 0.1) is 18.8 Å². The molecule has 3 N–H and O–H groups in total. The van der Waals surface area contributed by atoms with Crippen LogP contribution in [0.5, 0.6) is 11.5 Å². The van der Waals surface area contributed by atoms with Crippen molar-refractivity contribution < 1.29 is 19.4 Å². The van der Waals surface area contributed by atoms with E-state index in [1.165, 1.54) is 4.90 Å². The topological polar surface area (TPSA) is 85.0 Å².